The van der Waals surface area contributed by atoms with E-state index in [-0.39, 0.29) is 23.7 Å². The van der Waals surface area contributed by atoms with Crippen molar-refractivity contribution in [2.45, 2.75) is 104 Å². The predicted molar refractivity (Wildman–Crippen MR) is 162 cm³/mol. The number of aliphatic hydroxyl groups excluding tert-OH is 2. The molecule has 228 valence electrons. The topological polar surface area (TPSA) is 106 Å². The number of carbonyl (C=O) groups is 1. The second kappa shape index (κ2) is 18.1. The largest absolute Gasteiger partial charge is 0.444 e. The molecule has 0 spiro atoms. The zero-order chi connectivity index (χ0) is 29.4. The van der Waals surface area contributed by atoms with E-state index in [1.807, 2.05) is 40.0 Å². The van der Waals surface area contributed by atoms with Gasteiger partial charge in [0, 0.05) is 46.3 Å². The third-order valence-corrected chi connectivity index (χ3v) is 7.62. The lowest BCUT2D eigenvalue weighted by Crippen LogP contribution is -2.40. The van der Waals surface area contributed by atoms with Gasteiger partial charge < -0.3 is 35.8 Å². The van der Waals surface area contributed by atoms with Crippen molar-refractivity contribution in [1.82, 2.24) is 20.9 Å². The molecule has 0 saturated heterocycles. The van der Waals surface area contributed by atoms with Crippen LogP contribution in [0.25, 0.3) is 0 Å². The number of likely N-dealkylation sites (N-methyl/N-ethyl adjacent to an activating group) is 2. The lowest BCUT2D eigenvalue weighted by molar-refractivity contribution is 0.0299. The summed E-state index contributed by atoms with van der Waals surface area (Å²) in [4.78, 5) is 13.5. The third kappa shape index (κ3) is 17.1. The van der Waals surface area contributed by atoms with Gasteiger partial charge in [-0.1, -0.05) is 38.2 Å². The van der Waals surface area contributed by atoms with Gasteiger partial charge in [-0.05, 0) is 90.0 Å². The maximum atomic E-state index is 11.9. The standard InChI is InChI=1S/C18H34N2O3.C13H26N2O/c1-17(2,3)23-16(22)20(5)13-12-19-14-18(4)10-7-6-8-15(21)9-11-18;1-13(11-15-10-9-14-2)7-4-3-5-12(16)6-8-13/h6,8,15,19,21H,7,9-14H2,1-5H3;3,5,12,14-16H,4,6-11H2,1-2H3/b8-6-;5-3-. The summed E-state index contributed by atoms with van der Waals surface area (Å²) < 4.78 is 5.33. The summed E-state index contributed by atoms with van der Waals surface area (Å²) in [5.74, 6) is 0. The number of nitrogens with one attached hydrogen (secondary N) is 3. The van der Waals surface area contributed by atoms with Crippen LogP contribution in [0.15, 0.2) is 24.3 Å². The molecule has 8 nitrogen and oxygen atoms in total. The Kier molecular flexibility index (Phi) is 16.5. The molecule has 2 rings (SSSR count). The third-order valence-electron chi connectivity index (χ3n) is 7.62. The van der Waals surface area contributed by atoms with Gasteiger partial charge in [-0.2, -0.15) is 0 Å². The van der Waals surface area contributed by atoms with Crippen molar-refractivity contribution in [3.63, 3.8) is 0 Å². The number of ether oxygens (including phenoxy) is 1. The molecule has 4 atom stereocenters. The molecular weight excluding hydrogens is 492 g/mol. The fraction of sp³-hybridized carbons (Fsp3) is 0.839. The lowest BCUT2D eigenvalue weighted by atomic mass is 9.79. The summed E-state index contributed by atoms with van der Waals surface area (Å²) in [6.07, 6.45) is 15.4. The van der Waals surface area contributed by atoms with Crippen LogP contribution in [0.3, 0.4) is 0 Å². The van der Waals surface area contributed by atoms with Gasteiger partial charge in [0.15, 0.2) is 0 Å². The van der Waals surface area contributed by atoms with Crippen LogP contribution < -0.4 is 16.0 Å². The average Bonchev–Trinajstić information content (AvgIpc) is 2.85. The van der Waals surface area contributed by atoms with Gasteiger partial charge in [0.25, 0.3) is 0 Å². The van der Waals surface area contributed by atoms with Crippen molar-refractivity contribution in [2.24, 2.45) is 10.8 Å². The summed E-state index contributed by atoms with van der Waals surface area (Å²) >= 11 is 0. The molecule has 1 amide bonds. The van der Waals surface area contributed by atoms with Crippen molar-refractivity contribution in [3.05, 3.63) is 24.3 Å². The Morgan fingerprint density at radius 3 is 1.85 bits per heavy atom. The van der Waals surface area contributed by atoms with Crippen LogP contribution in [-0.2, 0) is 4.74 Å². The van der Waals surface area contributed by atoms with Gasteiger partial charge >= 0.3 is 6.09 Å². The molecule has 39 heavy (non-hydrogen) atoms. The maximum Gasteiger partial charge on any atom is 0.410 e. The van der Waals surface area contributed by atoms with Crippen molar-refractivity contribution < 1.29 is 19.7 Å². The summed E-state index contributed by atoms with van der Waals surface area (Å²) in [6.45, 7) is 15.5. The molecule has 2 aliphatic rings. The first-order chi connectivity index (χ1) is 18.3. The number of allylic oxidation sites excluding steroid dienone is 2. The molecule has 0 fully saturated rings. The van der Waals surface area contributed by atoms with Crippen molar-refractivity contribution in [1.29, 1.82) is 0 Å². The Bertz CT molecular complexity index is 739. The van der Waals surface area contributed by atoms with Gasteiger partial charge in [0.1, 0.15) is 5.60 Å². The fourth-order valence-corrected chi connectivity index (χ4v) is 4.83. The normalized spacial score (nSPS) is 29.5. The smallest absolute Gasteiger partial charge is 0.410 e. The molecule has 0 aromatic carbocycles. The number of hydrogen-bond donors (Lipinski definition) is 5. The molecule has 0 aliphatic heterocycles. The SMILES string of the molecule is CN(CCNCC1(C)CC/C=C\C(O)CC1)C(=O)OC(C)(C)C.CNCCNCC1(C)CC/C=C\C(O)CC1. The molecule has 0 bridgehead atoms. The highest BCUT2D eigenvalue weighted by molar-refractivity contribution is 5.67. The number of hydrogen-bond acceptors (Lipinski definition) is 7. The van der Waals surface area contributed by atoms with E-state index in [0.717, 1.165) is 77.7 Å². The first-order valence-corrected chi connectivity index (χ1v) is 15.0. The zero-order valence-electron chi connectivity index (χ0n) is 26.0. The van der Waals surface area contributed by atoms with Crippen LogP contribution in [0.1, 0.15) is 86.0 Å². The number of rotatable bonds is 10. The minimum Gasteiger partial charge on any atom is -0.444 e. The Morgan fingerprint density at radius 1 is 0.897 bits per heavy atom. The number of amides is 1. The number of carbonyl (C=O) groups excluding carboxylic acids is 1. The molecule has 2 aliphatic carbocycles. The summed E-state index contributed by atoms with van der Waals surface area (Å²) in [6, 6.07) is 0. The van der Waals surface area contributed by atoms with E-state index in [1.54, 1.807) is 11.9 Å². The highest BCUT2D eigenvalue weighted by atomic mass is 16.6. The van der Waals surface area contributed by atoms with E-state index in [9.17, 15) is 15.0 Å². The van der Waals surface area contributed by atoms with Gasteiger partial charge in [0.05, 0.1) is 12.2 Å². The molecule has 0 aromatic rings. The Morgan fingerprint density at radius 2 is 1.38 bits per heavy atom. The summed E-state index contributed by atoms with van der Waals surface area (Å²) in [5.41, 5.74) is 0.0647. The monoisotopic (exact) mass is 552 g/mol. The van der Waals surface area contributed by atoms with Crippen LogP contribution in [-0.4, -0.2) is 92.4 Å². The molecule has 8 heteroatoms. The second-order valence-corrected chi connectivity index (χ2v) is 13.1. The van der Waals surface area contributed by atoms with E-state index >= 15 is 0 Å². The molecular formula is C31H60N4O4. The molecule has 0 saturated carbocycles. The summed E-state index contributed by atoms with van der Waals surface area (Å²) in [5, 5.41) is 29.5. The number of aliphatic hydroxyl groups is 2. The Balaban J connectivity index is 0.000000416. The Labute approximate surface area is 239 Å². The highest BCUT2D eigenvalue weighted by Gasteiger charge is 2.26. The number of nitrogens with zero attached hydrogens (tertiary/aromatic N) is 1. The molecule has 0 radical (unpaired) electrons. The molecule has 0 heterocycles. The van der Waals surface area contributed by atoms with Crippen LogP contribution in [0.5, 0.6) is 0 Å². The predicted octanol–water partition coefficient (Wildman–Crippen LogP) is 4.23. The maximum absolute atomic E-state index is 11.9. The lowest BCUT2D eigenvalue weighted by Gasteiger charge is -2.32. The average molecular weight is 553 g/mol. The second-order valence-electron chi connectivity index (χ2n) is 13.1. The molecule has 0 aromatic heterocycles. The van der Waals surface area contributed by atoms with Gasteiger partial charge in [-0.3, -0.25) is 0 Å². The van der Waals surface area contributed by atoms with Crippen LogP contribution in [0, 0.1) is 10.8 Å². The van der Waals surface area contributed by atoms with E-state index in [0.29, 0.717) is 12.0 Å². The van der Waals surface area contributed by atoms with Gasteiger partial charge in [-0.25, -0.2) is 4.79 Å². The van der Waals surface area contributed by atoms with E-state index in [1.165, 1.54) is 6.42 Å². The minimum absolute atomic E-state index is 0.191. The zero-order valence-corrected chi connectivity index (χ0v) is 26.0. The van der Waals surface area contributed by atoms with Crippen molar-refractivity contribution >= 4 is 6.09 Å². The quantitative estimate of drug-likeness (QED) is 0.204. The van der Waals surface area contributed by atoms with Crippen molar-refractivity contribution in [2.75, 3.05) is 53.4 Å². The van der Waals surface area contributed by atoms with E-state index in [4.69, 9.17) is 4.74 Å². The molecule has 4 unspecified atom stereocenters. The first kappa shape index (κ1) is 35.6. The van der Waals surface area contributed by atoms with Gasteiger partial charge in [0.2, 0.25) is 0 Å². The fourth-order valence-electron chi connectivity index (χ4n) is 4.83. The minimum atomic E-state index is -0.459. The Hall–Kier alpha value is -1.45. The van der Waals surface area contributed by atoms with E-state index in [2.05, 4.69) is 41.9 Å². The molecule has 5 N–H and O–H groups in total. The van der Waals surface area contributed by atoms with E-state index < -0.39 is 5.60 Å². The van der Waals surface area contributed by atoms with Crippen LogP contribution >= 0.6 is 0 Å². The van der Waals surface area contributed by atoms with Crippen LogP contribution in [0.4, 0.5) is 4.79 Å². The van der Waals surface area contributed by atoms with Crippen molar-refractivity contribution in [3.8, 4) is 0 Å². The highest BCUT2D eigenvalue weighted by Crippen LogP contribution is 2.32. The first-order valence-electron chi connectivity index (χ1n) is 15.0. The summed E-state index contributed by atoms with van der Waals surface area (Å²) in [7, 11) is 3.73. The van der Waals surface area contributed by atoms with Crippen LogP contribution in [0.2, 0.25) is 0 Å². The van der Waals surface area contributed by atoms with Gasteiger partial charge in [-0.15, -0.1) is 0 Å².